The smallest absolute Gasteiger partial charge is 0.325 e. The quantitative estimate of drug-likeness (QED) is 0.637. The van der Waals surface area contributed by atoms with Crippen molar-refractivity contribution in [2.24, 2.45) is 0 Å². The van der Waals surface area contributed by atoms with Gasteiger partial charge in [-0.1, -0.05) is 54.6 Å². The van der Waals surface area contributed by atoms with E-state index < -0.39 is 0 Å². The van der Waals surface area contributed by atoms with Crippen LogP contribution in [0.25, 0.3) is 11.1 Å². The van der Waals surface area contributed by atoms with Gasteiger partial charge in [0.2, 0.25) is 0 Å². The van der Waals surface area contributed by atoms with E-state index in [-0.39, 0.29) is 18.1 Å². The van der Waals surface area contributed by atoms with Crippen molar-refractivity contribution in [3.63, 3.8) is 0 Å². The Balaban J connectivity index is 1.83. The second kappa shape index (κ2) is 5.93. The summed E-state index contributed by atoms with van der Waals surface area (Å²) in [7, 11) is 1.45. The number of nitrogens with zero attached hydrogens (tertiary/aromatic N) is 1. The number of carbonyl (C=O) groups excluding carboxylic acids is 1. The summed E-state index contributed by atoms with van der Waals surface area (Å²) >= 11 is 0. The SMILES string of the molecule is COC(=O)[C@H]1[C@H](c2ccc(-c3ccccc3)cc2)N1C(C)C. The molecule has 114 valence electrons. The Hall–Kier alpha value is -2.13. The van der Waals surface area contributed by atoms with Crippen LogP contribution in [0.1, 0.15) is 25.5 Å². The van der Waals surface area contributed by atoms with Crippen LogP contribution in [0.5, 0.6) is 0 Å². The van der Waals surface area contributed by atoms with E-state index in [0.29, 0.717) is 6.04 Å². The summed E-state index contributed by atoms with van der Waals surface area (Å²) in [5.74, 6) is -0.147. The Labute approximate surface area is 131 Å². The second-order valence-corrected chi connectivity index (χ2v) is 5.94. The van der Waals surface area contributed by atoms with Crippen molar-refractivity contribution < 1.29 is 9.53 Å². The van der Waals surface area contributed by atoms with E-state index in [1.54, 1.807) is 0 Å². The third-order valence-electron chi connectivity index (χ3n) is 4.25. The molecule has 0 bridgehead atoms. The van der Waals surface area contributed by atoms with Crippen LogP contribution in [0, 0.1) is 0 Å². The van der Waals surface area contributed by atoms with Gasteiger partial charge in [-0.05, 0) is 30.5 Å². The van der Waals surface area contributed by atoms with E-state index in [4.69, 9.17) is 4.74 Å². The van der Waals surface area contributed by atoms with Crippen LogP contribution in [0.4, 0.5) is 0 Å². The van der Waals surface area contributed by atoms with E-state index in [1.165, 1.54) is 23.8 Å². The first-order valence-electron chi connectivity index (χ1n) is 7.64. The maximum atomic E-state index is 11.9. The molecule has 1 aliphatic rings. The molecule has 1 saturated heterocycles. The van der Waals surface area contributed by atoms with Gasteiger partial charge < -0.3 is 4.74 Å². The summed E-state index contributed by atoms with van der Waals surface area (Å²) in [6.45, 7) is 4.21. The molecular weight excluding hydrogens is 274 g/mol. The highest BCUT2D eigenvalue weighted by atomic mass is 16.5. The fraction of sp³-hybridized carbons (Fsp3) is 0.316. The third kappa shape index (κ3) is 2.64. The number of esters is 1. The molecule has 1 heterocycles. The lowest BCUT2D eigenvalue weighted by molar-refractivity contribution is -0.141. The van der Waals surface area contributed by atoms with Gasteiger partial charge in [0.05, 0.1) is 13.2 Å². The van der Waals surface area contributed by atoms with Gasteiger partial charge in [-0.2, -0.15) is 0 Å². The van der Waals surface area contributed by atoms with E-state index in [0.717, 1.165) is 0 Å². The maximum absolute atomic E-state index is 11.9. The van der Waals surface area contributed by atoms with Gasteiger partial charge in [-0.3, -0.25) is 9.69 Å². The second-order valence-electron chi connectivity index (χ2n) is 5.94. The Kier molecular flexibility index (Phi) is 3.99. The normalized spacial score (nSPS) is 23.4. The average Bonchev–Trinajstić information content (AvgIpc) is 3.31. The van der Waals surface area contributed by atoms with Gasteiger partial charge in [0, 0.05) is 6.04 Å². The van der Waals surface area contributed by atoms with E-state index in [9.17, 15) is 4.79 Å². The lowest BCUT2D eigenvalue weighted by Gasteiger charge is -2.08. The highest BCUT2D eigenvalue weighted by molar-refractivity contribution is 5.81. The summed E-state index contributed by atoms with van der Waals surface area (Å²) in [5, 5.41) is 0. The molecule has 3 atom stereocenters. The third-order valence-corrected chi connectivity index (χ3v) is 4.25. The lowest BCUT2D eigenvalue weighted by atomic mass is 10.0. The molecule has 1 aliphatic heterocycles. The zero-order valence-corrected chi connectivity index (χ0v) is 13.2. The summed E-state index contributed by atoms with van der Waals surface area (Å²) in [5.41, 5.74) is 3.56. The van der Waals surface area contributed by atoms with Crippen molar-refractivity contribution in [2.75, 3.05) is 7.11 Å². The summed E-state index contributed by atoms with van der Waals surface area (Å²) in [4.78, 5) is 14.1. The molecule has 0 saturated carbocycles. The lowest BCUT2D eigenvalue weighted by Crippen LogP contribution is -2.19. The summed E-state index contributed by atoms with van der Waals surface area (Å²) in [6.07, 6.45) is 0. The van der Waals surface area contributed by atoms with Crippen LogP contribution in [-0.2, 0) is 9.53 Å². The van der Waals surface area contributed by atoms with Crippen LogP contribution in [-0.4, -0.2) is 30.1 Å². The molecule has 1 fully saturated rings. The minimum atomic E-state index is -0.147. The molecule has 2 aromatic carbocycles. The van der Waals surface area contributed by atoms with Crippen molar-refractivity contribution in [3.05, 3.63) is 60.2 Å². The van der Waals surface area contributed by atoms with Gasteiger partial charge in [0.15, 0.2) is 0 Å². The van der Waals surface area contributed by atoms with Gasteiger partial charge >= 0.3 is 5.97 Å². The van der Waals surface area contributed by atoms with Crippen molar-refractivity contribution in [1.82, 2.24) is 4.90 Å². The van der Waals surface area contributed by atoms with Crippen molar-refractivity contribution >= 4 is 5.97 Å². The minimum Gasteiger partial charge on any atom is -0.468 e. The molecule has 0 aromatic heterocycles. The molecule has 0 spiro atoms. The largest absolute Gasteiger partial charge is 0.468 e. The Morgan fingerprint density at radius 1 is 1.00 bits per heavy atom. The fourth-order valence-electron chi connectivity index (χ4n) is 3.12. The Morgan fingerprint density at radius 3 is 2.14 bits per heavy atom. The topological polar surface area (TPSA) is 29.3 Å². The Bertz CT molecular complexity index is 649. The number of carbonyl (C=O) groups is 1. The number of hydrogen-bond acceptors (Lipinski definition) is 3. The highest BCUT2D eigenvalue weighted by Gasteiger charge is 2.55. The monoisotopic (exact) mass is 295 g/mol. The summed E-state index contributed by atoms with van der Waals surface area (Å²) < 4.78 is 4.92. The van der Waals surface area contributed by atoms with Gasteiger partial charge in [-0.15, -0.1) is 0 Å². The highest BCUT2D eigenvalue weighted by Crippen LogP contribution is 2.45. The molecule has 3 nitrogen and oxygen atoms in total. The van der Waals surface area contributed by atoms with Crippen LogP contribution < -0.4 is 0 Å². The predicted octanol–water partition coefficient (Wildman–Crippen LogP) is 3.66. The van der Waals surface area contributed by atoms with E-state index >= 15 is 0 Å². The number of ether oxygens (including phenoxy) is 1. The molecule has 0 radical (unpaired) electrons. The zero-order valence-electron chi connectivity index (χ0n) is 13.2. The van der Waals surface area contributed by atoms with Gasteiger partial charge in [0.25, 0.3) is 0 Å². The molecular formula is C19H21NO2. The molecule has 2 aromatic rings. The first-order chi connectivity index (χ1) is 10.6. The zero-order chi connectivity index (χ0) is 15.7. The number of rotatable bonds is 4. The van der Waals surface area contributed by atoms with Crippen molar-refractivity contribution in [2.45, 2.75) is 32.0 Å². The molecule has 0 N–H and O–H groups in total. The van der Waals surface area contributed by atoms with Crippen LogP contribution in [0.2, 0.25) is 0 Å². The minimum absolute atomic E-state index is 0.136. The van der Waals surface area contributed by atoms with Gasteiger partial charge in [-0.25, -0.2) is 0 Å². The first kappa shape index (κ1) is 14.8. The molecule has 0 amide bonds. The molecule has 1 unspecified atom stereocenters. The van der Waals surface area contributed by atoms with Gasteiger partial charge in [0.1, 0.15) is 6.04 Å². The Morgan fingerprint density at radius 2 is 1.59 bits per heavy atom. The number of methoxy groups -OCH3 is 1. The van der Waals surface area contributed by atoms with Crippen molar-refractivity contribution in [3.8, 4) is 11.1 Å². The first-order valence-corrected chi connectivity index (χ1v) is 7.64. The van der Waals surface area contributed by atoms with Crippen LogP contribution in [0.15, 0.2) is 54.6 Å². The van der Waals surface area contributed by atoms with E-state index in [1.807, 2.05) is 18.2 Å². The maximum Gasteiger partial charge on any atom is 0.325 e. The number of benzene rings is 2. The predicted molar refractivity (Wildman–Crippen MR) is 87.4 cm³/mol. The fourth-order valence-corrected chi connectivity index (χ4v) is 3.12. The molecule has 22 heavy (non-hydrogen) atoms. The molecule has 3 heteroatoms. The van der Waals surface area contributed by atoms with Crippen LogP contribution in [0.3, 0.4) is 0 Å². The average molecular weight is 295 g/mol. The molecule has 0 aliphatic carbocycles. The molecule has 3 rings (SSSR count). The standard InChI is InChI=1S/C19H21NO2/c1-13(2)20-17(18(20)19(21)22-3)16-11-9-15(10-12-16)14-7-5-4-6-8-14/h4-13,17-18H,1-3H3/t17-,18+,20?/m0/s1. The summed E-state index contributed by atoms with van der Waals surface area (Å²) in [6, 6.07) is 19.1. The van der Waals surface area contributed by atoms with Crippen LogP contribution >= 0.6 is 0 Å². The van der Waals surface area contributed by atoms with Crippen molar-refractivity contribution in [1.29, 1.82) is 0 Å². The number of hydrogen-bond donors (Lipinski definition) is 0. The van der Waals surface area contributed by atoms with E-state index in [2.05, 4.69) is 55.1 Å².